The highest BCUT2D eigenvalue weighted by atomic mass is 32.1. The molecule has 2 aliphatic carbocycles. The molecule has 140 valence electrons. The van der Waals surface area contributed by atoms with Crippen LogP contribution in [0.2, 0.25) is 0 Å². The summed E-state index contributed by atoms with van der Waals surface area (Å²) in [6.45, 7) is 1.81. The molecule has 6 nitrogen and oxygen atoms in total. The number of esters is 1. The van der Waals surface area contributed by atoms with E-state index < -0.39 is 5.97 Å². The zero-order valence-electron chi connectivity index (χ0n) is 14.9. The van der Waals surface area contributed by atoms with Gasteiger partial charge in [0.25, 0.3) is 0 Å². The lowest BCUT2D eigenvalue weighted by molar-refractivity contribution is -0.118. The second-order valence-corrected chi connectivity index (χ2v) is 8.12. The molecule has 1 heterocycles. The van der Waals surface area contributed by atoms with Gasteiger partial charge in [0.2, 0.25) is 11.8 Å². The van der Waals surface area contributed by atoms with Gasteiger partial charge in [-0.2, -0.15) is 0 Å². The van der Waals surface area contributed by atoms with E-state index in [1.807, 2.05) is 6.92 Å². The summed E-state index contributed by atoms with van der Waals surface area (Å²) in [4.78, 5) is 36.7. The maximum atomic E-state index is 12.5. The highest BCUT2D eigenvalue weighted by Gasteiger charge is 2.30. The molecule has 0 saturated heterocycles. The number of hydrogen-bond acceptors (Lipinski definition) is 5. The molecule has 4 rings (SSSR count). The lowest BCUT2D eigenvalue weighted by Crippen LogP contribution is -2.13. The van der Waals surface area contributed by atoms with Crippen molar-refractivity contribution in [3.05, 3.63) is 40.8 Å². The van der Waals surface area contributed by atoms with Crippen LogP contribution in [0.15, 0.2) is 30.3 Å². The molecule has 2 N–H and O–H groups in total. The predicted molar refractivity (Wildman–Crippen MR) is 103 cm³/mol. The number of nitrogens with one attached hydrogen (secondary N) is 2. The molecule has 2 amide bonds. The monoisotopic (exact) mass is 384 g/mol. The van der Waals surface area contributed by atoms with Crippen molar-refractivity contribution in [2.75, 3.05) is 10.6 Å². The third-order valence-corrected chi connectivity index (χ3v) is 5.69. The number of carbonyl (C=O) groups excluding carboxylic acids is 3. The number of anilines is 2. The smallest absolute Gasteiger partial charge is 0.354 e. The molecule has 27 heavy (non-hydrogen) atoms. The van der Waals surface area contributed by atoms with Gasteiger partial charge in [0.1, 0.15) is 10.6 Å². The van der Waals surface area contributed by atoms with E-state index in [9.17, 15) is 14.4 Å². The molecule has 0 atom stereocenters. The number of amides is 2. The Morgan fingerprint density at radius 2 is 1.67 bits per heavy atom. The van der Waals surface area contributed by atoms with Crippen LogP contribution in [0, 0.1) is 18.8 Å². The quantitative estimate of drug-likeness (QED) is 0.583. The van der Waals surface area contributed by atoms with E-state index in [0.29, 0.717) is 21.3 Å². The zero-order valence-corrected chi connectivity index (χ0v) is 15.7. The fourth-order valence-electron chi connectivity index (χ4n) is 2.70. The number of aryl methyl sites for hydroxylation is 1. The average molecular weight is 384 g/mol. The molecular formula is C20H20N2O4S. The van der Waals surface area contributed by atoms with Gasteiger partial charge in [0.05, 0.1) is 5.00 Å². The van der Waals surface area contributed by atoms with Gasteiger partial charge in [0, 0.05) is 23.6 Å². The second kappa shape index (κ2) is 7.15. The van der Waals surface area contributed by atoms with Gasteiger partial charge in [-0.1, -0.05) is 6.07 Å². The molecular weight excluding hydrogens is 364 g/mol. The van der Waals surface area contributed by atoms with Gasteiger partial charge in [-0.3, -0.25) is 9.59 Å². The molecule has 0 unspecified atom stereocenters. The summed E-state index contributed by atoms with van der Waals surface area (Å²) < 4.78 is 5.47. The number of thiophene rings is 1. The van der Waals surface area contributed by atoms with Crippen LogP contribution in [0.4, 0.5) is 10.7 Å². The largest absolute Gasteiger partial charge is 0.422 e. The van der Waals surface area contributed by atoms with Crippen molar-refractivity contribution in [2.45, 2.75) is 32.6 Å². The van der Waals surface area contributed by atoms with Crippen molar-refractivity contribution in [1.82, 2.24) is 0 Å². The molecule has 2 fully saturated rings. The Hall–Kier alpha value is -2.67. The first-order valence-electron chi connectivity index (χ1n) is 9.04. The highest BCUT2D eigenvalue weighted by molar-refractivity contribution is 7.18. The molecule has 7 heteroatoms. The van der Waals surface area contributed by atoms with Crippen LogP contribution < -0.4 is 15.4 Å². The minimum absolute atomic E-state index is 0.00336. The van der Waals surface area contributed by atoms with E-state index >= 15 is 0 Å². The van der Waals surface area contributed by atoms with Gasteiger partial charge in [-0.25, -0.2) is 4.79 Å². The maximum Gasteiger partial charge on any atom is 0.354 e. The fraction of sp³-hybridized carbons (Fsp3) is 0.350. The van der Waals surface area contributed by atoms with Gasteiger partial charge in [0.15, 0.2) is 0 Å². The summed E-state index contributed by atoms with van der Waals surface area (Å²) in [5, 5.41) is 6.35. The normalized spacial score (nSPS) is 15.9. The Kier molecular flexibility index (Phi) is 4.70. The maximum absolute atomic E-state index is 12.5. The first-order valence-corrected chi connectivity index (χ1v) is 9.85. The van der Waals surface area contributed by atoms with Crippen molar-refractivity contribution < 1.29 is 19.1 Å². The van der Waals surface area contributed by atoms with E-state index in [-0.39, 0.29) is 23.7 Å². The van der Waals surface area contributed by atoms with E-state index in [1.165, 1.54) is 11.3 Å². The molecule has 0 spiro atoms. The summed E-state index contributed by atoms with van der Waals surface area (Å²) in [6, 6.07) is 8.58. The number of ether oxygens (including phenoxy) is 1. The van der Waals surface area contributed by atoms with Crippen LogP contribution in [0.3, 0.4) is 0 Å². The van der Waals surface area contributed by atoms with Gasteiger partial charge >= 0.3 is 5.97 Å². The molecule has 0 aliphatic heterocycles. The van der Waals surface area contributed by atoms with Crippen molar-refractivity contribution in [3.8, 4) is 5.75 Å². The van der Waals surface area contributed by atoms with E-state index in [1.54, 1.807) is 30.3 Å². The van der Waals surface area contributed by atoms with Crippen LogP contribution in [0.25, 0.3) is 0 Å². The standard InChI is InChI=1S/C20H20N2O4S/c1-11-9-16(22-19(24)13-7-8-13)27-17(11)20(25)26-15-4-2-3-14(10-15)21-18(23)12-5-6-12/h2-4,9-10,12-13H,5-8H2,1H3,(H,21,23)(H,22,24). The van der Waals surface area contributed by atoms with Crippen LogP contribution in [0.1, 0.15) is 40.9 Å². The Balaban J connectivity index is 1.41. The summed E-state index contributed by atoms with van der Waals surface area (Å²) in [6.07, 6.45) is 3.72. The van der Waals surface area contributed by atoms with Crippen LogP contribution in [0.5, 0.6) is 5.75 Å². The topological polar surface area (TPSA) is 84.5 Å². The molecule has 2 aromatic rings. The SMILES string of the molecule is Cc1cc(NC(=O)C2CC2)sc1C(=O)Oc1cccc(NC(=O)C2CC2)c1. The zero-order chi connectivity index (χ0) is 19.0. The number of rotatable bonds is 6. The van der Waals surface area contributed by atoms with Gasteiger partial charge < -0.3 is 15.4 Å². The lowest BCUT2D eigenvalue weighted by atomic mass is 10.2. The first kappa shape index (κ1) is 17.7. The predicted octanol–water partition coefficient (Wildman–Crippen LogP) is 3.97. The van der Waals surface area contributed by atoms with Crippen molar-refractivity contribution in [1.29, 1.82) is 0 Å². The van der Waals surface area contributed by atoms with Crippen LogP contribution in [-0.4, -0.2) is 17.8 Å². The number of hydrogen-bond donors (Lipinski definition) is 2. The van der Waals surface area contributed by atoms with Gasteiger partial charge in [-0.15, -0.1) is 11.3 Å². The third kappa shape index (κ3) is 4.36. The molecule has 2 aliphatic rings. The summed E-state index contributed by atoms with van der Waals surface area (Å²) in [7, 11) is 0. The van der Waals surface area contributed by atoms with E-state index in [4.69, 9.17) is 4.74 Å². The van der Waals surface area contributed by atoms with Crippen molar-refractivity contribution in [3.63, 3.8) is 0 Å². The van der Waals surface area contributed by atoms with E-state index in [2.05, 4.69) is 10.6 Å². The Labute approximate surface area is 160 Å². The Morgan fingerprint density at radius 1 is 1.00 bits per heavy atom. The first-order chi connectivity index (χ1) is 13.0. The fourth-order valence-corrected chi connectivity index (χ4v) is 3.65. The van der Waals surface area contributed by atoms with Crippen molar-refractivity contribution >= 4 is 39.8 Å². The van der Waals surface area contributed by atoms with Crippen molar-refractivity contribution in [2.24, 2.45) is 11.8 Å². The summed E-state index contributed by atoms with van der Waals surface area (Å²) in [5.41, 5.74) is 1.37. The van der Waals surface area contributed by atoms with Gasteiger partial charge in [-0.05, 0) is 56.4 Å². The molecule has 1 aromatic carbocycles. The number of carbonyl (C=O) groups is 3. The molecule has 1 aromatic heterocycles. The minimum atomic E-state index is -0.477. The summed E-state index contributed by atoms with van der Waals surface area (Å²) >= 11 is 1.21. The second-order valence-electron chi connectivity index (χ2n) is 7.07. The molecule has 0 bridgehead atoms. The molecule has 2 saturated carbocycles. The Morgan fingerprint density at radius 3 is 2.33 bits per heavy atom. The Bertz CT molecular complexity index is 912. The summed E-state index contributed by atoms with van der Waals surface area (Å²) in [5.74, 6) is 0.115. The molecule has 0 radical (unpaired) electrons. The number of benzene rings is 1. The van der Waals surface area contributed by atoms with E-state index in [0.717, 1.165) is 31.2 Å². The highest BCUT2D eigenvalue weighted by Crippen LogP contribution is 2.33. The lowest BCUT2D eigenvalue weighted by Gasteiger charge is -2.07. The average Bonchev–Trinajstić information content (AvgIpc) is 3.53. The van der Waals surface area contributed by atoms with Crippen LogP contribution >= 0.6 is 11.3 Å². The third-order valence-electron chi connectivity index (χ3n) is 4.56. The minimum Gasteiger partial charge on any atom is -0.422 e. The van der Waals surface area contributed by atoms with Crippen LogP contribution in [-0.2, 0) is 9.59 Å².